The summed E-state index contributed by atoms with van der Waals surface area (Å²) in [5, 5.41) is 15.7. The summed E-state index contributed by atoms with van der Waals surface area (Å²) in [5.74, 6) is 0.425. The molecule has 2 aliphatic rings. The van der Waals surface area contributed by atoms with Gasteiger partial charge in [-0.2, -0.15) is 13.2 Å². The molecule has 12 heteroatoms. The van der Waals surface area contributed by atoms with Crippen LogP contribution in [-0.2, 0) is 14.9 Å². The lowest BCUT2D eigenvalue weighted by atomic mass is 9.77. The van der Waals surface area contributed by atoms with Crippen molar-refractivity contribution in [1.29, 1.82) is 0 Å². The molecule has 2 aromatic carbocycles. The van der Waals surface area contributed by atoms with Gasteiger partial charge in [0.05, 0.1) is 18.7 Å². The second kappa shape index (κ2) is 14.0. The number of alkyl halides is 3. The predicted molar refractivity (Wildman–Crippen MR) is 167 cm³/mol. The zero-order chi connectivity index (χ0) is 31.3. The van der Waals surface area contributed by atoms with Crippen LogP contribution >= 0.6 is 11.3 Å². The molecular formula is C32H41F3N4O4S. The number of nitrogens with one attached hydrogen (secondary N) is 1. The van der Waals surface area contributed by atoms with Crippen LogP contribution in [0.3, 0.4) is 0 Å². The van der Waals surface area contributed by atoms with Gasteiger partial charge in [0.1, 0.15) is 12.5 Å². The number of carbonyl (C=O) groups excluding carboxylic acids is 1. The zero-order valence-electron chi connectivity index (χ0n) is 25.2. The fraction of sp³-hybridized carbons (Fsp3) is 0.531. The molecule has 1 unspecified atom stereocenters. The number of ether oxygens (including phenoxy) is 2. The molecule has 1 aromatic heterocycles. The zero-order valence-corrected chi connectivity index (χ0v) is 26.1. The molecule has 1 saturated heterocycles. The summed E-state index contributed by atoms with van der Waals surface area (Å²) in [5.41, 5.74) is 2.46. The third-order valence-electron chi connectivity index (χ3n) is 8.30. The molecule has 1 fully saturated rings. The van der Waals surface area contributed by atoms with Crippen LogP contribution in [0.4, 0.5) is 24.5 Å². The smallest absolute Gasteiger partial charge is 0.390 e. The van der Waals surface area contributed by atoms with E-state index < -0.39 is 31.0 Å². The van der Waals surface area contributed by atoms with Crippen LogP contribution in [0.15, 0.2) is 47.8 Å². The van der Waals surface area contributed by atoms with Crippen molar-refractivity contribution in [3.05, 3.63) is 53.4 Å². The number of fused-ring (bicyclic) bond motifs is 2. The lowest BCUT2D eigenvalue weighted by Crippen LogP contribution is -2.46. The van der Waals surface area contributed by atoms with Gasteiger partial charge < -0.3 is 19.5 Å². The Morgan fingerprint density at radius 3 is 2.64 bits per heavy atom. The quantitative estimate of drug-likeness (QED) is 0.185. The number of hydrogen-bond acceptors (Lipinski definition) is 8. The molecule has 2 N–H and O–H groups in total. The first kappa shape index (κ1) is 32.5. The second-order valence-corrected chi connectivity index (χ2v) is 13.0. The van der Waals surface area contributed by atoms with E-state index in [1.165, 1.54) is 20.7 Å². The van der Waals surface area contributed by atoms with E-state index >= 15 is 0 Å². The SMILES string of the molecule is CC1(C)CC(=O)N(COC(O)NCCC(F)(F)F)c2cc(OCCCCN3CCN(c4cccc5sccc45)CC3)ccc21. The highest BCUT2D eigenvalue weighted by molar-refractivity contribution is 7.17. The van der Waals surface area contributed by atoms with Crippen molar-refractivity contribution < 1.29 is 32.5 Å². The van der Waals surface area contributed by atoms with Crippen molar-refractivity contribution in [2.75, 3.05) is 62.4 Å². The summed E-state index contributed by atoms with van der Waals surface area (Å²) in [6, 6.07) is 14.4. The molecule has 3 aromatic rings. The highest BCUT2D eigenvalue weighted by atomic mass is 32.1. The molecule has 240 valence electrons. The summed E-state index contributed by atoms with van der Waals surface area (Å²) in [6.45, 7) is 8.79. The summed E-state index contributed by atoms with van der Waals surface area (Å²) < 4.78 is 49.9. The monoisotopic (exact) mass is 634 g/mol. The number of aliphatic hydroxyl groups excluding tert-OH is 1. The van der Waals surface area contributed by atoms with Crippen LogP contribution in [0.1, 0.15) is 45.1 Å². The number of benzene rings is 2. The van der Waals surface area contributed by atoms with Gasteiger partial charge >= 0.3 is 6.18 Å². The van der Waals surface area contributed by atoms with Gasteiger partial charge in [-0.15, -0.1) is 11.3 Å². The number of hydrogen-bond donors (Lipinski definition) is 2. The summed E-state index contributed by atoms with van der Waals surface area (Å²) in [4.78, 5) is 19.4. The number of rotatable bonds is 13. The molecular weight excluding hydrogens is 593 g/mol. The number of piperazine rings is 1. The molecule has 0 spiro atoms. The van der Waals surface area contributed by atoms with Crippen molar-refractivity contribution in [2.45, 2.75) is 57.5 Å². The molecule has 3 heterocycles. The van der Waals surface area contributed by atoms with Gasteiger partial charge in [0.15, 0.2) is 0 Å². The predicted octanol–water partition coefficient (Wildman–Crippen LogP) is 5.69. The fourth-order valence-electron chi connectivity index (χ4n) is 5.88. The third kappa shape index (κ3) is 8.22. The van der Waals surface area contributed by atoms with Gasteiger partial charge in [0.2, 0.25) is 12.3 Å². The first-order valence-corrected chi connectivity index (χ1v) is 16.0. The van der Waals surface area contributed by atoms with Crippen LogP contribution in [0, 0.1) is 0 Å². The number of carbonyl (C=O) groups is 1. The maximum absolute atomic E-state index is 13.0. The number of nitrogens with zero attached hydrogens (tertiary/aromatic N) is 3. The maximum atomic E-state index is 13.0. The van der Waals surface area contributed by atoms with Gasteiger partial charge in [-0.25, -0.2) is 0 Å². The van der Waals surface area contributed by atoms with Crippen LogP contribution in [0.25, 0.3) is 10.1 Å². The molecule has 0 bridgehead atoms. The van der Waals surface area contributed by atoms with Crippen molar-refractivity contribution in [3.8, 4) is 5.75 Å². The third-order valence-corrected chi connectivity index (χ3v) is 9.18. The van der Waals surface area contributed by atoms with Crippen LogP contribution < -0.4 is 19.9 Å². The van der Waals surface area contributed by atoms with Gasteiger partial charge in [-0.1, -0.05) is 26.0 Å². The van der Waals surface area contributed by atoms with E-state index in [0.717, 1.165) is 51.1 Å². The van der Waals surface area contributed by atoms with E-state index in [1.54, 1.807) is 17.4 Å². The highest BCUT2D eigenvalue weighted by Gasteiger charge is 2.37. The van der Waals surface area contributed by atoms with Crippen molar-refractivity contribution in [3.63, 3.8) is 0 Å². The van der Waals surface area contributed by atoms with E-state index in [4.69, 9.17) is 9.47 Å². The van der Waals surface area contributed by atoms with E-state index in [-0.39, 0.29) is 19.1 Å². The molecule has 1 atom stereocenters. The van der Waals surface area contributed by atoms with E-state index in [9.17, 15) is 23.1 Å². The largest absolute Gasteiger partial charge is 0.494 e. The van der Waals surface area contributed by atoms with Crippen molar-refractivity contribution in [1.82, 2.24) is 10.2 Å². The maximum Gasteiger partial charge on any atom is 0.390 e. The Bertz CT molecular complexity index is 1410. The molecule has 8 nitrogen and oxygen atoms in total. The number of thiophene rings is 1. The van der Waals surface area contributed by atoms with Crippen LogP contribution in [0.5, 0.6) is 5.75 Å². The average Bonchev–Trinajstić information content (AvgIpc) is 3.45. The minimum Gasteiger partial charge on any atom is -0.494 e. The average molecular weight is 635 g/mol. The van der Waals surface area contributed by atoms with Gasteiger partial charge in [-0.3, -0.25) is 19.9 Å². The Kier molecular flexibility index (Phi) is 10.4. The minimum atomic E-state index is -4.34. The fourth-order valence-corrected chi connectivity index (χ4v) is 6.68. The Morgan fingerprint density at radius 1 is 1.07 bits per heavy atom. The van der Waals surface area contributed by atoms with Gasteiger partial charge in [0, 0.05) is 66.4 Å². The number of halogens is 3. The molecule has 0 saturated carbocycles. The topological polar surface area (TPSA) is 77.5 Å². The number of unbranched alkanes of at least 4 members (excludes halogenated alkanes) is 1. The van der Waals surface area contributed by atoms with E-state index in [2.05, 4.69) is 44.8 Å². The van der Waals surface area contributed by atoms with Crippen molar-refractivity contribution in [2.24, 2.45) is 0 Å². The lowest BCUT2D eigenvalue weighted by molar-refractivity contribution is -0.148. The van der Waals surface area contributed by atoms with Crippen LogP contribution in [-0.4, -0.2) is 81.1 Å². The Morgan fingerprint density at radius 2 is 1.86 bits per heavy atom. The Labute approximate surface area is 260 Å². The summed E-state index contributed by atoms with van der Waals surface area (Å²) >= 11 is 1.78. The lowest BCUT2D eigenvalue weighted by Gasteiger charge is -2.38. The van der Waals surface area contributed by atoms with Gasteiger partial charge in [-0.05, 0) is 54.6 Å². The summed E-state index contributed by atoms with van der Waals surface area (Å²) in [6.07, 6.45) is -4.95. The van der Waals surface area contributed by atoms with E-state index in [0.29, 0.717) is 18.0 Å². The Balaban J connectivity index is 1.08. The normalized spacial score (nSPS) is 18.1. The number of aliphatic hydroxyl groups is 1. The first-order chi connectivity index (χ1) is 21.0. The number of amides is 1. The van der Waals surface area contributed by atoms with E-state index in [1.807, 2.05) is 26.0 Å². The Hall–Kier alpha value is -2.90. The molecule has 0 aliphatic carbocycles. The number of anilines is 2. The van der Waals surface area contributed by atoms with Crippen LogP contribution in [0.2, 0.25) is 0 Å². The van der Waals surface area contributed by atoms with Gasteiger partial charge in [0.25, 0.3) is 0 Å². The minimum absolute atomic E-state index is 0.200. The molecule has 1 amide bonds. The molecule has 5 rings (SSSR count). The molecule has 44 heavy (non-hydrogen) atoms. The highest BCUT2D eigenvalue weighted by Crippen LogP contribution is 2.42. The van der Waals surface area contributed by atoms with Crippen molar-refractivity contribution >= 4 is 38.7 Å². The first-order valence-electron chi connectivity index (χ1n) is 15.1. The second-order valence-electron chi connectivity index (χ2n) is 12.0. The molecule has 2 aliphatic heterocycles. The molecule has 0 radical (unpaired) electrons. The summed E-state index contributed by atoms with van der Waals surface area (Å²) in [7, 11) is 0. The standard InChI is InChI=1S/C32H41F3N4O4S/c1-31(2)21-29(40)39(22-43-30(41)36-12-11-32(33,34)35)27-20-23(8-9-25(27)31)42-18-4-3-13-37-14-16-38(17-15-37)26-6-5-7-28-24(26)10-19-44-28/h5-10,19-20,30,36,41H,3-4,11-18,21-22H2,1-2H3.